The van der Waals surface area contributed by atoms with Crippen LogP contribution in [-0.2, 0) is 71.0 Å². The topological polar surface area (TPSA) is 163 Å². The average molecular weight is 897 g/mol. The van der Waals surface area contributed by atoms with Gasteiger partial charge in [0.2, 0.25) is 5.75 Å². The van der Waals surface area contributed by atoms with E-state index in [1.54, 1.807) is 31.2 Å². The molecule has 1 N–H and O–H groups in total. The van der Waals surface area contributed by atoms with Gasteiger partial charge in [0.1, 0.15) is 31.0 Å². The van der Waals surface area contributed by atoms with Crippen LogP contribution in [0, 0.1) is 10.1 Å². The van der Waals surface area contributed by atoms with Gasteiger partial charge in [-0.1, -0.05) is 164 Å². The monoisotopic (exact) mass is 896 g/mol. The number of nitrogens with zero attached hydrogens (tertiary/aromatic N) is 1. The summed E-state index contributed by atoms with van der Waals surface area (Å²) in [5.41, 5.74) is 3.87. The number of alkyl carbamates (subject to hydrolysis) is 1. The van der Waals surface area contributed by atoms with E-state index >= 15 is 0 Å². The predicted octanol–water partition coefficient (Wildman–Crippen LogP) is 8.90. The molecule has 0 spiro atoms. The average Bonchev–Trinajstić information content (AvgIpc) is 3.35. The molecule has 1 aliphatic heterocycles. The van der Waals surface area contributed by atoms with E-state index in [1.807, 2.05) is 127 Å². The second-order valence-electron chi connectivity index (χ2n) is 15.5. The van der Waals surface area contributed by atoms with Gasteiger partial charge in [0.25, 0.3) is 0 Å². The summed E-state index contributed by atoms with van der Waals surface area (Å²) in [6.45, 7) is 2.22. The lowest BCUT2D eigenvalue weighted by atomic mass is 9.97. The largest absolute Gasteiger partial charge is 0.445 e. The number of rotatable bonds is 22. The second kappa shape index (κ2) is 24.5. The molecule has 66 heavy (non-hydrogen) atoms. The first-order valence-electron chi connectivity index (χ1n) is 21.6. The molecule has 7 rings (SSSR count). The Morgan fingerprint density at radius 3 is 1.55 bits per heavy atom. The summed E-state index contributed by atoms with van der Waals surface area (Å²) >= 11 is 0. The van der Waals surface area contributed by atoms with Crippen molar-refractivity contribution in [3.63, 3.8) is 0 Å². The SMILES string of the molecule is C[C@@H](O[C@@H]1O[C@H](COCc2ccccc2)[C@H](OCc2ccccc2)[C@H](OCc2ccccc2)[C@H]1OCc1ccccc1)[C@H](NC(=O)OCc1ccccc1)C(=O)Oc1ccccc1[N+](=O)[O-]. The van der Waals surface area contributed by atoms with E-state index < -0.39 is 65.5 Å². The van der Waals surface area contributed by atoms with Crippen molar-refractivity contribution < 1.29 is 52.4 Å². The minimum atomic E-state index is -1.59. The van der Waals surface area contributed by atoms with Crippen molar-refractivity contribution in [1.29, 1.82) is 0 Å². The minimum Gasteiger partial charge on any atom is -0.445 e. The van der Waals surface area contributed by atoms with Gasteiger partial charge < -0.3 is 43.2 Å². The molecule has 1 fully saturated rings. The highest BCUT2D eigenvalue weighted by atomic mass is 16.7. The third-order valence-corrected chi connectivity index (χ3v) is 10.7. The van der Waals surface area contributed by atoms with Gasteiger partial charge in [0, 0.05) is 6.07 Å². The summed E-state index contributed by atoms with van der Waals surface area (Å²) in [7, 11) is 0. The van der Waals surface area contributed by atoms with Crippen LogP contribution in [-0.4, -0.2) is 66.4 Å². The van der Waals surface area contributed by atoms with Gasteiger partial charge in [-0.25, -0.2) is 9.59 Å². The maximum absolute atomic E-state index is 14.2. The molecule has 342 valence electrons. The van der Waals surface area contributed by atoms with E-state index in [0.29, 0.717) is 5.56 Å². The lowest BCUT2D eigenvalue weighted by molar-refractivity contribution is -0.385. The second-order valence-corrected chi connectivity index (χ2v) is 15.5. The molecule has 1 aliphatic rings. The van der Waals surface area contributed by atoms with E-state index in [0.717, 1.165) is 22.3 Å². The smallest absolute Gasteiger partial charge is 0.408 e. The van der Waals surface area contributed by atoms with Gasteiger partial charge in [0.15, 0.2) is 12.3 Å². The number of hydrogen-bond acceptors (Lipinski definition) is 12. The molecule has 6 aromatic rings. The molecule has 1 heterocycles. The van der Waals surface area contributed by atoms with Crippen LogP contribution in [0.3, 0.4) is 0 Å². The maximum Gasteiger partial charge on any atom is 0.408 e. The fourth-order valence-electron chi connectivity index (χ4n) is 7.27. The first kappa shape index (κ1) is 47.2. The zero-order valence-electron chi connectivity index (χ0n) is 36.4. The number of benzene rings is 6. The van der Waals surface area contributed by atoms with Crippen molar-refractivity contribution in [2.75, 3.05) is 6.61 Å². The first-order chi connectivity index (χ1) is 32.3. The number of ether oxygens (including phenoxy) is 8. The van der Waals surface area contributed by atoms with Crippen LogP contribution in [0.2, 0.25) is 0 Å². The fraction of sp³-hybridized carbons (Fsp3) is 0.269. The van der Waals surface area contributed by atoms with E-state index in [-0.39, 0.29) is 45.4 Å². The summed E-state index contributed by atoms with van der Waals surface area (Å²) < 4.78 is 51.3. The Balaban J connectivity index is 1.22. The molecule has 6 aromatic carbocycles. The van der Waals surface area contributed by atoms with Crippen LogP contribution in [0.15, 0.2) is 176 Å². The van der Waals surface area contributed by atoms with E-state index in [2.05, 4.69) is 5.32 Å². The number of amides is 1. The molecule has 0 aliphatic carbocycles. The standard InChI is InChI=1S/C52H52N2O12/c1-37(46(53-52(56)63-35-42-27-15-6-16-28-42)50(55)65-44-30-18-17-29-43(44)54(57)58)64-51-49(62-34-41-25-13-5-14-26-41)48(61-33-40-23-11-4-12-24-40)47(60-32-39-21-9-3-10-22-39)45(66-51)36-59-31-38-19-7-2-8-20-38/h2-30,37,45-49,51H,31-36H2,1H3,(H,53,56)/t37-,45-,46+,47+,48+,49-,51-/m1/s1. The molecule has 0 saturated carbocycles. The summed E-state index contributed by atoms with van der Waals surface area (Å²) in [6, 6.07) is 51.4. The summed E-state index contributed by atoms with van der Waals surface area (Å²) in [6.07, 6.45) is -6.98. The Morgan fingerprint density at radius 1 is 0.591 bits per heavy atom. The van der Waals surface area contributed by atoms with Gasteiger partial charge in [-0.3, -0.25) is 10.1 Å². The molecule has 7 atom stereocenters. The quantitative estimate of drug-likeness (QED) is 0.0299. The van der Waals surface area contributed by atoms with Gasteiger partial charge in [0.05, 0.1) is 44.1 Å². The van der Waals surface area contributed by atoms with Crippen molar-refractivity contribution in [3.8, 4) is 5.75 Å². The molecule has 1 amide bonds. The number of nitro benzene ring substituents is 1. The molecule has 14 heteroatoms. The van der Waals surface area contributed by atoms with Gasteiger partial charge in [-0.05, 0) is 40.8 Å². The highest BCUT2D eigenvalue weighted by molar-refractivity contribution is 5.84. The van der Waals surface area contributed by atoms with Crippen molar-refractivity contribution in [3.05, 3.63) is 214 Å². The zero-order chi connectivity index (χ0) is 45.9. The third-order valence-electron chi connectivity index (χ3n) is 10.7. The molecular formula is C52H52N2O12. The third kappa shape index (κ3) is 13.9. The maximum atomic E-state index is 14.2. The molecule has 0 bridgehead atoms. The van der Waals surface area contributed by atoms with Crippen LogP contribution in [0.1, 0.15) is 34.7 Å². The predicted molar refractivity (Wildman–Crippen MR) is 243 cm³/mol. The van der Waals surface area contributed by atoms with Crippen molar-refractivity contribution >= 4 is 17.7 Å². The van der Waals surface area contributed by atoms with Gasteiger partial charge >= 0.3 is 17.7 Å². The Bertz CT molecular complexity index is 2400. The van der Waals surface area contributed by atoms with Gasteiger partial charge in [-0.15, -0.1) is 0 Å². The number of esters is 1. The Hall–Kier alpha value is -6.78. The summed E-state index contributed by atoms with van der Waals surface area (Å²) in [5, 5.41) is 14.5. The normalized spacial score (nSPS) is 19.0. The number of nitrogens with one attached hydrogen (secondary N) is 1. The summed E-state index contributed by atoms with van der Waals surface area (Å²) in [4.78, 5) is 38.9. The Labute approximate surface area is 383 Å². The zero-order valence-corrected chi connectivity index (χ0v) is 36.4. The molecule has 1 saturated heterocycles. The van der Waals surface area contributed by atoms with Crippen molar-refractivity contribution in [1.82, 2.24) is 5.32 Å². The lowest BCUT2D eigenvalue weighted by Gasteiger charge is -2.46. The van der Waals surface area contributed by atoms with Crippen LogP contribution in [0.5, 0.6) is 5.75 Å². The van der Waals surface area contributed by atoms with Crippen LogP contribution < -0.4 is 10.1 Å². The number of nitro groups is 1. The Kier molecular flexibility index (Phi) is 17.5. The van der Waals surface area contributed by atoms with E-state index in [4.69, 9.17) is 37.9 Å². The fourth-order valence-corrected chi connectivity index (χ4v) is 7.27. The van der Waals surface area contributed by atoms with Crippen LogP contribution >= 0.6 is 0 Å². The van der Waals surface area contributed by atoms with Crippen LogP contribution in [0.4, 0.5) is 10.5 Å². The van der Waals surface area contributed by atoms with E-state index in [1.165, 1.54) is 24.3 Å². The first-order valence-corrected chi connectivity index (χ1v) is 21.6. The highest BCUT2D eigenvalue weighted by Crippen LogP contribution is 2.33. The molecule has 14 nitrogen and oxygen atoms in total. The Morgan fingerprint density at radius 2 is 1.03 bits per heavy atom. The summed E-state index contributed by atoms with van der Waals surface area (Å²) in [5.74, 6) is -1.39. The van der Waals surface area contributed by atoms with Gasteiger partial charge in [-0.2, -0.15) is 0 Å². The van der Waals surface area contributed by atoms with E-state index in [9.17, 15) is 19.7 Å². The van der Waals surface area contributed by atoms with Crippen LogP contribution in [0.25, 0.3) is 0 Å². The highest BCUT2D eigenvalue weighted by Gasteiger charge is 2.50. The number of para-hydroxylation sites is 2. The molecule has 0 aromatic heterocycles. The number of hydrogen-bond donors (Lipinski definition) is 1. The lowest BCUT2D eigenvalue weighted by Crippen LogP contribution is -2.63. The number of carbonyl (C=O) groups is 2. The molecular weight excluding hydrogens is 845 g/mol. The number of carbonyl (C=O) groups excluding carboxylic acids is 2. The van der Waals surface area contributed by atoms with Crippen molar-refractivity contribution in [2.45, 2.75) is 82.8 Å². The minimum absolute atomic E-state index is 0.0341. The molecule has 0 unspecified atom stereocenters. The van der Waals surface area contributed by atoms with Crippen molar-refractivity contribution in [2.24, 2.45) is 0 Å². The molecule has 0 radical (unpaired) electrons.